The zero-order valence-electron chi connectivity index (χ0n) is 25.5. The Hall–Kier alpha value is -4.83. The van der Waals surface area contributed by atoms with Gasteiger partial charge in [0.1, 0.15) is 36.4 Å². The van der Waals surface area contributed by atoms with E-state index in [1.54, 1.807) is 20.4 Å². The molecule has 5 rings (SSSR count). The third-order valence-corrected chi connectivity index (χ3v) is 6.34. The average molecular weight is 591 g/mol. The minimum atomic E-state index is 0.337. The van der Waals surface area contributed by atoms with Crippen molar-refractivity contribution in [3.63, 3.8) is 0 Å². The molecule has 0 radical (unpaired) electrons. The SMILES string of the molecule is C=O.CCC=O.CN1CCC(Oc2ccc(N)cc2)C1.COc1cc2nccc(Oc3cc(N)ccc3C)c2cc1OC. The standard InChI is InChI=1S/C18H18N2O3.C11H16N2O.C3H6O.CH2O/c1-11-4-5-12(19)8-16(11)23-15-6-7-20-14-10-18(22-3)17(21-2)9-13(14)15;1-13-7-6-11(8-13)14-10-4-2-9(12)3-5-10;1-2-3-4;1-2/h4-10H,19H2,1-3H3;2-5,11H,6-8,12H2,1H3;3H,2H2,1H3;1H2. The van der Waals surface area contributed by atoms with E-state index in [1.807, 2.05) is 81.3 Å². The van der Waals surface area contributed by atoms with Crippen molar-refractivity contribution in [2.75, 3.05) is 45.8 Å². The Morgan fingerprint density at radius 3 is 2.14 bits per heavy atom. The van der Waals surface area contributed by atoms with Gasteiger partial charge < -0.3 is 44.9 Å². The van der Waals surface area contributed by atoms with Crippen LogP contribution in [0.5, 0.6) is 28.7 Å². The third kappa shape index (κ3) is 10.5. The number of pyridine rings is 1. The van der Waals surface area contributed by atoms with Gasteiger partial charge in [-0.25, -0.2) is 0 Å². The summed E-state index contributed by atoms with van der Waals surface area (Å²) in [6, 6.07) is 18.7. The van der Waals surface area contributed by atoms with Gasteiger partial charge in [-0.3, -0.25) is 4.98 Å². The van der Waals surface area contributed by atoms with Gasteiger partial charge in [-0.1, -0.05) is 13.0 Å². The molecule has 2 heterocycles. The third-order valence-electron chi connectivity index (χ3n) is 6.34. The van der Waals surface area contributed by atoms with Gasteiger partial charge >= 0.3 is 0 Å². The van der Waals surface area contributed by atoms with Gasteiger partial charge in [-0.2, -0.15) is 0 Å². The number of ether oxygens (including phenoxy) is 4. The number of nitrogens with zero attached hydrogens (tertiary/aromatic N) is 2. The van der Waals surface area contributed by atoms with Gasteiger partial charge in [0.05, 0.1) is 19.7 Å². The molecule has 3 aromatic carbocycles. The summed E-state index contributed by atoms with van der Waals surface area (Å²) in [5, 5.41) is 0.840. The molecule has 4 N–H and O–H groups in total. The second-order valence-corrected chi connectivity index (χ2v) is 9.60. The van der Waals surface area contributed by atoms with Gasteiger partial charge in [0.25, 0.3) is 0 Å². The molecule has 43 heavy (non-hydrogen) atoms. The van der Waals surface area contributed by atoms with Gasteiger partial charge in [0.2, 0.25) is 0 Å². The van der Waals surface area contributed by atoms with E-state index in [4.69, 9.17) is 35.2 Å². The van der Waals surface area contributed by atoms with Crippen molar-refractivity contribution in [1.29, 1.82) is 0 Å². The van der Waals surface area contributed by atoms with E-state index < -0.39 is 0 Å². The number of hydrogen-bond donors (Lipinski definition) is 2. The number of likely N-dealkylation sites (N-methyl/N-ethyl adjacent to an activating group) is 1. The fourth-order valence-corrected chi connectivity index (χ4v) is 4.11. The molecule has 4 aromatic rings. The van der Waals surface area contributed by atoms with Crippen LogP contribution in [-0.4, -0.2) is 63.4 Å². The number of carbonyl (C=O) groups excluding carboxylic acids is 2. The number of nitrogens with two attached hydrogens (primary N) is 2. The first kappa shape index (κ1) is 34.4. The first-order valence-electron chi connectivity index (χ1n) is 13.8. The quantitative estimate of drug-likeness (QED) is 0.204. The summed E-state index contributed by atoms with van der Waals surface area (Å²) in [4.78, 5) is 23.8. The second-order valence-electron chi connectivity index (χ2n) is 9.60. The molecule has 230 valence electrons. The molecule has 10 heteroatoms. The molecule has 0 aliphatic carbocycles. The van der Waals surface area contributed by atoms with Crippen molar-refractivity contribution < 1.29 is 28.5 Å². The summed E-state index contributed by atoms with van der Waals surface area (Å²) in [5.41, 5.74) is 14.6. The number of likely N-dealkylation sites (tertiary alicyclic amines) is 1. The molecule has 0 spiro atoms. The summed E-state index contributed by atoms with van der Waals surface area (Å²) < 4.78 is 22.5. The maximum absolute atomic E-state index is 9.17. The fourth-order valence-electron chi connectivity index (χ4n) is 4.11. The maximum atomic E-state index is 9.17. The summed E-state index contributed by atoms with van der Waals surface area (Å²) in [7, 11) is 5.31. The number of nitrogen functional groups attached to an aromatic ring is 2. The van der Waals surface area contributed by atoms with Crippen LogP contribution >= 0.6 is 0 Å². The van der Waals surface area contributed by atoms with Crippen LogP contribution in [0.25, 0.3) is 10.9 Å². The fraction of sp³-hybridized carbons (Fsp3) is 0.303. The molecular weight excluding hydrogens is 548 g/mol. The lowest BCUT2D eigenvalue weighted by Gasteiger charge is -2.13. The predicted molar refractivity (Wildman–Crippen MR) is 171 cm³/mol. The zero-order valence-corrected chi connectivity index (χ0v) is 25.5. The number of rotatable bonds is 7. The maximum Gasteiger partial charge on any atom is 0.162 e. The monoisotopic (exact) mass is 590 g/mol. The van der Waals surface area contributed by atoms with Crippen LogP contribution in [0.3, 0.4) is 0 Å². The minimum absolute atomic E-state index is 0.337. The number of benzene rings is 3. The van der Waals surface area contributed by atoms with Gasteiger partial charge in [-0.15, -0.1) is 0 Å². The highest BCUT2D eigenvalue weighted by molar-refractivity contribution is 5.88. The minimum Gasteiger partial charge on any atom is -0.493 e. The molecule has 1 saturated heterocycles. The molecule has 1 atom stereocenters. The summed E-state index contributed by atoms with van der Waals surface area (Å²) in [6.45, 7) is 7.93. The number of aromatic nitrogens is 1. The molecule has 1 unspecified atom stereocenters. The first-order chi connectivity index (χ1) is 20.8. The molecule has 1 aliphatic heterocycles. The van der Waals surface area contributed by atoms with E-state index >= 15 is 0 Å². The van der Waals surface area contributed by atoms with Crippen molar-refractivity contribution in [2.45, 2.75) is 32.8 Å². The molecule has 0 amide bonds. The zero-order chi connectivity index (χ0) is 31.8. The number of aldehydes is 1. The Labute approximate surface area is 253 Å². The highest BCUT2D eigenvalue weighted by Gasteiger charge is 2.20. The van der Waals surface area contributed by atoms with E-state index in [1.165, 1.54) is 0 Å². The first-order valence-corrected chi connectivity index (χ1v) is 13.8. The Morgan fingerprint density at radius 2 is 1.56 bits per heavy atom. The molecule has 1 aromatic heterocycles. The number of carbonyl (C=O) groups is 2. The average Bonchev–Trinajstić information content (AvgIpc) is 3.45. The lowest BCUT2D eigenvalue weighted by Crippen LogP contribution is -2.21. The van der Waals surface area contributed by atoms with Crippen molar-refractivity contribution in [3.05, 3.63) is 72.4 Å². The van der Waals surface area contributed by atoms with Crippen molar-refractivity contribution in [2.24, 2.45) is 0 Å². The summed E-state index contributed by atoms with van der Waals surface area (Å²) >= 11 is 0. The Balaban J connectivity index is 0.000000274. The normalized spacial score (nSPS) is 13.7. The number of methoxy groups -OCH3 is 2. The second kappa shape index (κ2) is 17.9. The Bertz CT molecular complexity index is 1430. The van der Waals surface area contributed by atoms with Crippen LogP contribution in [0.4, 0.5) is 11.4 Å². The number of aryl methyl sites for hydroxylation is 1. The number of anilines is 2. The van der Waals surface area contributed by atoms with Crippen LogP contribution in [0.2, 0.25) is 0 Å². The topological polar surface area (TPSA) is 139 Å². The van der Waals surface area contributed by atoms with Gasteiger partial charge in [0, 0.05) is 54.6 Å². The highest BCUT2D eigenvalue weighted by atomic mass is 16.5. The predicted octanol–water partition coefficient (Wildman–Crippen LogP) is 5.70. The van der Waals surface area contributed by atoms with Crippen LogP contribution < -0.4 is 30.4 Å². The Morgan fingerprint density at radius 1 is 0.930 bits per heavy atom. The van der Waals surface area contributed by atoms with E-state index in [2.05, 4.69) is 16.9 Å². The molecule has 10 nitrogen and oxygen atoms in total. The van der Waals surface area contributed by atoms with Gasteiger partial charge in [-0.05, 0) is 68.4 Å². The van der Waals surface area contributed by atoms with E-state index in [9.17, 15) is 4.79 Å². The van der Waals surface area contributed by atoms with Gasteiger partial charge in [0.15, 0.2) is 11.5 Å². The van der Waals surface area contributed by atoms with Crippen molar-refractivity contribution in [1.82, 2.24) is 9.88 Å². The largest absolute Gasteiger partial charge is 0.493 e. The van der Waals surface area contributed by atoms with Crippen molar-refractivity contribution in [3.8, 4) is 28.7 Å². The number of fused-ring (bicyclic) bond motifs is 1. The Kier molecular flexibility index (Phi) is 14.3. The van der Waals surface area contributed by atoms with Crippen molar-refractivity contribution >= 4 is 35.4 Å². The molecular formula is C33H42N4O6. The molecule has 0 saturated carbocycles. The number of hydrogen-bond acceptors (Lipinski definition) is 10. The van der Waals surface area contributed by atoms with E-state index in [0.717, 1.165) is 53.7 Å². The lowest BCUT2D eigenvalue weighted by atomic mass is 10.1. The lowest BCUT2D eigenvalue weighted by molar-refractivity contribution is -0.107. The highest BCUT2D eigenvalue weighted by Crippen LogP contribution is 2.37. The summed E-state index contributed by atoms with van der Waals surface area (Å²) in [5.74, 6) is 3.57. The van der Waals surface area contributed by atoms with Crippen LogP contribution in [0, 0.1) is 6.92 Å². The molecule has 1 fully saturated rings. The molecule has 1 aliphatic rings. The van der Waals surface area contributed by atoms with Crippen LogP contribution in [0.15, 0.2) is 66.9 Å². The summed E-state index contributed by atoms with van der Waals surface area (Å²) in [6.07, 6.45) is 4.66. The van der Waals surface area contributed by atoms with Crippen LogP contribution in [0.1, 0.15) is 25.3 Å². The van der Waals surface area contributed by atoms with E-state index in [0.29, 0.717) is 41.2 Å². The van der Waals surface area contributed by atoms with E-state index in [-0.39, 0.29) is 0 Å². The molecule has 0 bridgehead atoms. The van der Waals surface area contributed by atoms with Crippen LogP contribution in [-0.2, 0) is 9.59 Å². The smallest absolute Gasteiger partial charge is 0.162 e.